The molecule has 0 fully saturated rings. The molecule has 1 aromatic heterocycles. The van der Waals surface area contributed by atoms with Gasteiger partial charge in [0.05, 0.1) is 5.69 Å². The highest BCUT2D eigenvalue weighted by molar-refractivity contribution is 6.30. The van der Waals surface area contributed by atoms with Crippen molar-refractivity contribution in [1.82, 2.24) is 14.9 Å². The average molecular weight is 317 g/mol. The third-order valence-corrected chi connectivity index (χ3v) is 3.19. The molecule has 0 radical (unpaired) electrons. The molecule has 0 spiro atoms. The molecule has 0 amide bonds. The van der Waals surface area contributed by atoms with E-state index in [-0.39, 0.29) is 12.3 Å². The smallest absolute Gasteiger partial charge is 0.362 e. The van der Waals surface area contributed by atoms with Gasteiger partial charge in [0.25, 0.3) is 0 Å². The van der Waals surface area contributed by atoms with E-state index in [2.05, 4.69) is 15.6 Å². The number of nitrogens with zero attached hydrogens (tertiary/aromatic N) is 2. The van der Waals surface area contributed by atoms with Crippen molar-refractivity contribution in [1.29, 1.82) is 0 Å². The van der Waals surface area contributed by atoms with Crippen LogP contribution in [-0.4, -0.2) is 14.9 Å². The second-order valence-corrected chi connectivity index (χ2v) is 4.94. The van der Waals surface area contributed by atoms with E-state index in [4.69, 9.17) is 16.3 Å². The minimum Gasteiger partial charge on any atom is -0.486 e. The second-order valence-electron chi connectivity index (χ2n) is 4.50. The van der Waals surface area contributed by atoms with Crippen molar-refractivity contribution in [3.8, 4) is 5.75 Å². The lowest BCUT2D eigenvalue weighted by Crippen LogP contribution is -2.26. The fourth-order valence-corrected chi connectivity index (χ4v) is 1.99. The highest BCUT2D eigenvalue weighted by atomic mass is 35.5. The van der Waals surface area contributed by atoms with Crippen molar-refractivity contribution in [3.63, 3.8) is 0 Å². The summed E-state index contributed by atoms with van der Waals surface area (Å²) < 4.78 is 6.91. The third kappa shape index (κ3) is 3.29. The average Bonchev–Trinajstić information content (AvgIpc) is 2.88. The Bertz CT molecular complexity index is 796. The van der Waals surface area contributed by atoms with E-state index in [9.17, 15) is 4.79 Å². The molecule has 2 N–H and O–H groups in total. The van der Waals surface area contributed by atoms with Crippen LogP contribution in [-0.2, 0) is 6.61 Å². The van der Waals surface area contributed by atoms with Crippen molar-refractivity contribution < 1.29 is 4.74 Å². The van der Waals surface area contributed by atoms with Gasteiger partial charge < -0.3 is 4.74 Å². The Kier molecular flexibility index (Phi) is 4.11. The summed E-state index contributed by atoms with van der Waals surface area (Å²) in [4.78, 5) is 11.8. The van der Waals surface area contributed by atoms with E-state index in [1.165, 1.54) is 4.68 Å². The molecule has 0 saturated heterocycles. The zero-order valence-electron chi connectivity index (χ0n) is 11.5. The van der Waals surface area contributed by atoms with E-state index in [0.29, 0.717) is 16.6 Å². The molecule has 0 unspecified atom stereocenters. The standard InChI is InChI=1S/C15H13ClN4O2/c16-11-6-8-13(9-7-11)22-10-14-17-18-15(21)20(14)19-12-4-2-1-3-5-12/h1-9,19H,10H2,(H,18,21). The molecule has 22 heavy (non-hydrogen) atoms. The lowest BCUT2D eigenvalue weighted by Gasteiger charge is -2.09. The van der Waals surface area contributed by atoms with Crippen molar-refractivity contribution in [2.75, 3.05) is 5.43 Å². The molecular weight excluding hydrogens is 304 g/mol. The molecular formula is C15H13ClN4O2. The zero-order chi connectivity index (χ0) is 15.4. The number of rotatable bonds is 5. The second kappa shape index (κ2) is 6.36. The number of aromatic nitrogens is 3. The summed E-state index contributed by atoms with van der Waals surface area (Å²) in [5, 5.41) is 6.99. The lowest BCUT2D eigenvalue weighted by molar-refractivity contribution is 0.292. The van der Waals surface area contributed by atoms with Crippen molar-refractivity contribution in [2.45, 2.75) is 6.61 Å². The van der Waals surface area contributed by atoms with Gasteiger partial charge in [-0.1, -0.05) is 29.8 Å². The van der Waals surface area contributed by atoms with Crippen LogP contribution < -0.4 is 15.9 Å². The number of aromatic amines is 1. The lowest BCUT2D eigenvalue weighted by atomic mass is 10.3. The number of H-pyrrole nitrogens is 1. The SMILES string of the molecule is O=c1[nH]nc(COc2ccc(Cl)cc2)n1Nc1ccccc1. The summed E-state index contributed by atoms with van der Waals surface area (Å²) in [6.07, 6.45) is 0. The molecule has 0 aliphatic rings. The number of nitrogens with one attached hydrogen (secondary N) is 2. The molecule has 3 rings (SSSR count). The quantitative estimate of drug-likeness (QED) is 0.759. The molecule has 0 saturated carbocycles. The predicted molar refractivity (Wildman–Crippen MR) is 84.1 cm³/mol. The fraction of sp³-hybridized carbons (Fsp3) is 0.0667. The maximum atomic E-state index is 11.8. The summed E-state index contributed by atoms with van der Waals surface area (Å²) in [6, 6.07) is 16.3. The predicted octanol–water partition coefficient (Wildman–Crippen LogP) is 2.68. The van der Waals surface area contributed by atoms with Crippen LogP contribution in [0.15, 0.2) is 59.4 Å². The molecule has 3 aromatic rings. The van der Waals surface area contributed by atoms with E-state index in [1.54, 1.807) is 24.3 Å². The molecule has 1 heterocycles. The number of halogens is 1. The van der Waals surface area contributed by atoms with Gasteiger partial charge in [0.15, 0.2) is 5.82 Å². The highest BCUT2D eigenvalue weighted by Crippen LogP contribution is 2.16. The molecule has 0 aliphatic heterocycles. The van der Waals surface area contributed by atoms with E-state index in [0.717, 1.165) is 5.69 Å². The Labute approximate surface area is 131 Å². The van der Waals surface area contributed by atoms with Crippen LogP contribution in [0.2, 0.25) is 5.02 Å². The summed E-state index contributed by atoms with van der Waals surface area (Å²) in [7, 11) is 0. The van der Waals surface area contributed by atoms with Crippen LogP contribution in [0.4, 0.5) is 5.69 Å². The van der Waals surface area contributed by atoms with Crippen LogP contribution in [0.1, 0.15) is 5.82 Å². The van der Waals surface area contributed by atoms with Gasteiger partial charge >= 0.3 is 5.69 Å². The Morgan fingerprint density at radius 3 is 2.59 bits per heavy atom. The van der Waals surface area contributed by atoms with Gasteiger partial charge in [-0.25, -0.2) is 9.89 Å². The first-order valence-electron chi connectivity index (χ1n) is 6.59. The largest absolute Gasteiger partial charge is 0.486 e. The van der Waals surface area contributed by atoms with Crippen LogP contribution in [0.25, 0.3) is 0 Å². The summed E-state index contributed by atoms with van der Waals surface area (Å²) in [6.45, 7) is 0.139. The maximum absolute atomic E-state index is 11.8. The maximum Gasteiger partial charge on any atom is 0.362 e. The van der Waals surface area contributed by atoms with E-state index in [1.807, 2.05) is 30.3 Å². The van der Waals surface area contributed by atoms with Gasteiger partial charge in [-0.3, -0.25) is 5.43 Å². The van der Waals surface area contributed by atoms with Gasteiger partial charge in [-0.15, -0.1) is 0 Å². The monoisotopic (exact) mass is 316 g/mol. The minimum absolute atomic E-state index is 0.139. The molecule has 6 nitrogen and oxygen atoms in total. The molecule has 2 aromatic carbocycles. The van der Waals surface area contributed by atoms with E-state index >= 15 is 0 Å². The highest BCUT2D eigenvalue weighted by Gasteiger charge is 2.09. The molecule has 7 heteroatoms. The summed E-state index contributed by atoms with van der Waals surface area (Å²) >= 11 is 5.82. The van der Waals surface area contributed by atoms with Crippen molar-refractivity contribution in [2.24, 2.45) is 0 Å². The van der Waals surface area contributed by atoms with Crippen LogP contribution in [0.5, 0.6) is 5.75 Å². The van der Waals surface area contributed by atoms with Gasteiger partial charge in [0.1, 0.15) is 12.4 Å². The number of hydrogen-bond acceptors (Lipinski definition) is 4. The van der Waals surface area contributed by atoms with Gasteiger partial charge in [-0.05, 0) is 36.4 Å². The number of benzene rings is 2. The van der Waals surface area contributed by atoms with Crippen LogP contribution >= 0.6 is 11.6 Å². The van der Waals surface area contributed by atoms with E-state index < -0.39 is 0 Å². The summed E-state index contributed by atoms with van der Waals surface area (Å²) in [5.74, 6) is 1.08. The van der Waals surface area contributed by atoms with Gasteiger partial charge in [0.2, 0.25) is 0 Å². The van der Waals surface area contributed by atoms with Crippen molar-refractivity contribution in [3.05, 3.63) is 75.9 Å². The number of anilines is 1. The normalized spacial score (nSPS) is 10.4. The van der Waals surface area contributed by atoms with Crippen molar-refractivity contribution >= 4 is 17.3 Å². The first-order valence-corrected chi connectivity index (χ1v) is 6.97. The number of ether oxygens (including phenoxy) is 1. The Morgan fingerprint density at radius 2 is 1.86 bits per heavy atom. The molecule has 0 bridgehead atoms. The molecule has 0 aliphatic carbocycles. The van der Waals surface area contributed by atoms with Gasteiger partial charge in [-0.2, -0.15) is 9.77 Å². The summed E-state index contributed by atoms with van der Waals surface area (Å²) in [5.41, 5.74) is 3.39. The van der Waals surface area contributed by atoms with Crippen LogP contribution in [0.3, 0.4) is 0 Å². The van der Waals surface area contributed by atoms with Crippen LogP contribution in [0, 0.1) is 0 Å². The first-order chi connectivity index (χ1) is 10.7. The molecule has 112 valence electrons. The topological polar surface area (TPSA) is 71.9 Å². The Hall–Kier alpha value is -2.73. The molecule has 0 atom stereocenters. The number of hydrogen-bond donors (Lipinski definition) is 2. The fourth-order valence-electron chi connectivity index (χ4n) is 1.86. The number of para-hydroxylation sites is 1. The Morgan fingerprint density at radius 1 is 1.14 bits per heavy atom. The first kappa shape index (κ1) is 14.2. The third-order valence-electron chi connectivity index (χ3n) is 2.94. The zero-order valence-corrected chi connectivity index (χ0v) is 12.2. The Balaban J connectivity index is 1.74. The van der Waals surface area contributed by atoms with Gasteiger partial charge in [0, 0.05) is 5.02 Å². The minimum atomic E-state index is -0.362.